The van der Waals surface area contributed by atoms with Crippen LogP contribution in [0.4, 0.5) is 4.79 Å². The van der Waals surface area contributed by atoms with Crippen molar-refractivity contribution in [1.29, 1.82) is 0 Å². The first-order chi connectivity index (χ1) is 15.9. The van der Waals surface area contributed by atoms with Crippen molar-refractivity contribution in [3.8, 4) is 0 Å². The van der Waals surface area contributed by atoms with Crippen LogP contribution in [0.15, 0.2) is 65.7 Å². The highest BCUT2D eigenvalue weighted by Gasteiger charge is 2.48. The highest BCUT2D eigenvalue weighted by molar-refractivity contribution is 5.75. The van der Waals surface area contributed by atoms with Crippen LogP contribution in [0.3, 0.4) is 0 Å². The molecule has 6 nitrogen and oxygen atoms in total. The fraction of sp³-hybridized carbons (Fsp3) is 0.481. The van der Waals surface area contributed by atoms with Gasteiger partial charge in [0.15, 0.2) is 0 Å². The number of hydrogen-bond donors (Lipinski definition) is 1. The van der Waals surface area contributed by atoms with Crippen molar-refractivity contribution in [2.45, 2.75) is 50.6 Å². The molecule has 0 unspecified atom stereocenters. The van der Waals surface area contributed by atoms with E-state index in [1.54, 1.807) is 6.92 Å². The maximum Gasteiger partial charge on any atom is 0.317 e. The fourth-order valence-electron chi connectivity index (χ4n) is 4.91. The van der Waals surface area contributed by atoms with E-state index in [0.717, 1.165) is 25.7 Å². The minimum absolute atomic E-state index is 0.00160. The Hall–Kier alpha value is -2.95. The summed E-state index contributed by atoms with van der Waals surface area (Å²) in [7, 11) is 6.30. The number of isocyanates is 1. The molecule has 0 radical (unpaired) electrons. The van der Waals surface area contributed by atoms with Crippen LogP contribution in [0.25, 0.3) is 0 Å². The lowest BCUT2D eigenvalue weighted by Gasteiger charge is -2.53. The lowest BCUT2D eigenvalue weighted by Crippen LogP contribution is -2.56. The van der Waals surface area contributed by atoms with Crippen LogP contribution in [0.2, 0.25) is 0 Å². The third kappa shape index (κ3) is 5.89. The molecule has 2 aromatic rings. The summed E-state index contributed by atoms with van der Waals surface area (Å²) < 4.78 is 0. The van der Waals surface area contributed by atoms with Crippen LogP contribution in [0.1, 0.15) is 50.7 Å². The number of amides is 2. The topological polar surface area (TPSA) is 65.0 Å². The number of urea groups is 1. The third-order valence-corrected chi connectivity index (χ3v) is 6.88. The summed E-state index contributed by atoms with van der Waals surface area (Å²) in [4.78, 5) is 29.4. The quantitative estimate of drug-likeness (QED) is 0.502. The van der Waals surface area contributed by atoms with Gasteiger partial charge in [0.1, 0.15) is 0 Å². The number of hydrogen-bond acceptors (Lipinski definition) is 4. The SMILES string of the molecule is CCN=C=O.CCNC(=O)N(C)C1(c2ccccc2)CCC(c2ccccc2)(N(C)C)CC1. The van der Waals surface area contributed by atoms with Crippen LogP contribution in [0.5, 0.6) is 0 Å². The predicted molar refractivity (Wildman–Crippen MR) is 134 cm³/mol. The van der Waals surface area contributed by atoms with Gasteiger partial charge in [-0.15, -0.1) is 0 Å². The smallest absolute Gasteiger partial charge is 0.317 e. The maximum absolute atomic E-state index is 12.8. The van der Waals surface area contributed by atoms with E-state index in [1.807, 2.05) is 24.9 Å². The number of carbonyl (C=O) groups is 1. The monoisotopic (exact) mass is 450 g/mol. The van der Waals surface area contributed by atoms with Crippen molar-refractivity contribution in [3.63, 3.8) is 0 Å². The van der Waals surface area contributed by atoms with Gasteiger partial charge in [-0.25, -0.2) is 14.6 Å². The Kier molecular flexibility index (Phi) is 9.83. The van der Waals surface area contributed by atoms with E-state index in [2.05, 4.69) is 83.9 Å². The molecule has 0 heterocycles. The summed E-state index contributed by atoms with van der Waals surface area (Å²) in [5.74, 6) is 0. The number of nitrogens with one attached hydrogen (secondary N) is 1. The van der Waals surface area contributed by atoms with Crippen molar-refractivity contribution in [2.24, 2.45) is 4.99 Å². The zero-order valence-electron chi connectivity index (χ0n) is 20.7. The van der Waals surface area contributed by atoms with Crippen LogP contribution in [0, 0.1) is 0 Å². The molecule has 0 spiro atoms. The van der Waals surface area contributed by atoms with E-state index < -0.39 is 0 Å². The van der Waals surface area contributed by atoms with Gasteiger partial charge in [-0.2, -0.15) is 0 Å². The molecule has 1 aliphatic rings. The normalized spacial score (nSPS) is 21.9. The Morgan fingerprint density at radius 1 is 0.879 bits per heavy atom. The third-order valence-electron chi connectivity index (χ3n) is 6.88. The van der Waals surface area contributed by atoms with E-state index in [9.17, 15) is 4.79 Å². The summed E-state index contributed by atoms with van der Waals surface area (Å²) in [5, 5.41) is 2.99. The molecule has 33 heavy (non-hydrogen) atoms. The number of rotatable bonds is 6. The van der Waals surface area contributed by atoms with E-state index >= 15 is 0 Å². The van der Waals surface area contributed by atoms with Gasteiger partial charge < -0.3 is 10.2 Å². The minimum atomic E-state index is -0.283. The second-order valence-electron chi connectivity index (χ2n) is 8.65. The zero-order valence-corrected chi connectivity index (χ0v) is 20.7. The van der Waals surface area contributed by atoms with Crippen molar-refractivity contribution >= 4 is 12.1 Å². The van der Waals surface area contributed by atoms with E-state index in [-0.39, 0.29) is 17.1 Å². The van der Waals surface area contributed by atoms with E-state index in [0.29, 0.717) is 13.1 Å². The van der Waals surface area contributed by atoms with E-state index in [1.165, 1.54) is 17.2 Å². The average Bonchev–Trinajstić information content (AvgIpc) is 2.85. The van der Waals surface area contributed by atoms with Gasteiger partial charge in [-0.3, -0.25) is 4.90 Å². The molecule has 0 atom stereocenters. The highest BCUT2D eigenvalue weighted by atomic mass is 16.2. The van der Waals surface area contributed by atoms with Gasteiger partial charge in [0.05, 0.1) is 5.54 Å². The van der Waals surface area contributed by atoms with Gasteiger partial charge in [-0.1, -0.05) is 60.7 Å². The first kappa shape index (κ1) is 26.3. The molecule has 1 N–H and O–H groups in total. The average molecular weight is 451 g/mol. The first-order valence-electron chi connectivity index (χ1n) is 11.7. The Morgan fingerprint density at radius 2 is 1.33 bits per heavy atom. The Morgan fingerprint density at radius 3 is 1.70 bits per heavy atom. The Bertz CT molecular complexity index is 900. The number of aliphatic imine (C=N–C) groups is 1. The number of nitrogens with zero attached hydrogens (tertiary/aromatic N) is 3. The van der Waals surface area contributed by atoms with Gasteiger partial charge >= 0.3 is 6.03 Å². The summed E-state index contributed by atoms with van der Waals surface area (Å²) in [5.41, 5.74) is 2.31. The standard InChI is InChI=1S/C24H33N3O.C3H5NO/c1-5-25-22(28)27(4)24(21-14-10-7-11-15-21)18-16-23(17-19-24,26(2)3)20-12-8-6-9-13-20;1-2-4-3-5/h6-15H,5,16-19H2,1-4H3,(H,25,28);2H2,1H3. The summed E-state index contributed by atoms with van der Waals surface area (Å²) in [6, 6.07) is 21.3. The molecule has 3 rings (SSSR count). The van der Waals surface area contributed by atoms with Crippen LogP contribution < -0.4 is 5.32 Å². The summed E-state index contributed by atoms with van der Waals surface area (Å²) >= 11 is 0. The molecular formula is C27H38N4O2. The van der Waals surface area contributed by atoms with Crippen molar-refractivity contribution in [2.75, 3.05) is 34.2 Å². The second kappa shape index (κ2) is 12.3. The van der Waals surface area contributed by atoms with Gasteiger partial charge in [0.25, 0.3) is 0 Å². The summed E-state index contributed by atoms with van der Waals surface area (Å²) in [6.07, 6.45) is 5.25. The molecule has 6 heteroatoms. The molecule has 1 aliphatic carbocycles. The van der Waals surface area contributed by atoms with Crippen LogP contribution >= 0.6 is 0 Å². The van der Waals surface area contributed by atoms with Crippen molar-refractivity contribution in [1.82, 2.24) is 15.1 Å². The van der Waals surface area contributed by atoms with Gasteiger partial charge in [0, 0.05) is 25.7 Å². The molecule has 0 saturated heterocycles. The lowest BCUT2D eigenvalue weighted by molar-refractivity contribution is 0.0139. The second-order valence-corrected chi connectivity index (χ2v) is 8.65. The largest absolute Gasteiger partial charge is 0.338 e. The predicted octanol–water partition coefficient (Wildman–Crippen LogP) is 4.92. The Labute approximate surface area is 198 Å². The zero-order chi connectivity index (χ0) is 24.3. The molecule has 1 saturated carbocycles. The number of benzene rings is 2. The molecule has 1 fully saturated rings. The molecule has 0 bridgehead atoms. The molecule has 2 amide bonds. The van der Waals surface area contributed by atoms with Crippen LogP contribution in [-0.2, 0) is 15.9 Å². The molecule has 178 valence electrons. The highest BCUT2D eigenvalue weighted by Crippen LogP contribution is 2.50. The summed E-state index contributed by atoms with van der Waals surface area (Å²) in [6.45, 7) is 4.93. The first-order valence-corrected chi connectivity index (χ1v) is 11.7. The minimum Gasteiger partial charge on any atom is -0.338 e. The fourth-order valence-corrected chi connectivity index (χ4v) is 4.91. The lowest BCUT2D eigenvalue weighted by atomic mass is 9.66. The maximum atomic E-state index is 12.8. The van der Waals surface area contributed by atoms with Crippen LogP contribution in [-0.4, -0.2) is 56.1 Å². The Balaban J connectivity index is 0.000000696. The number of carbonyl (C=O) groups excluding carboxylic acids is 2. The van der Waals surface area contributed by atoms with Crippen molar-refractivity contribution in [3.05, 3.63) is 71.8 Å². The van der Waals surface area contributed by atoms with E-state index in [4.69, 9.17) is 4.79 Å². The molecule has 2 aromatic carbocycles. The van der Waals surface area contributed by atoms with Crippen molar-refractivity contribution < 1.29 is 9.59 Å². The van der Waals surface area contributed by atoms with Gasteiger partial charge in [-0.05, 0) is 64.8 Å². The van der Waals surface area contributed by atoms with Gasteiger partial charge in [0.2, 0.25) is 6.08 Å². The molecule has 0 aliphatic heterocycles. The molecular weight excluding hydrogens is 412 g/mol. The molecule has 0 aromatic heterocycles.